The normalized spacial score (nSPS) is 22.2. The minimum absolute atomic E-state index is 0.0463. The number of ether oxygens (including phenoxy) is 1. The number of amides is 1. The second kappa shape index (κ2) is 11.1. The predicted molar refractivity (Wildman–Crippen MR) is 139 cm³/mol. The smallest absolute Gasteiger partial charge is 0.302 e. The van der Waals surface area contributed by atoms with Crippen molar-refractivity contribution in [1.29, 1.82) is 0 Å². The highest BCUT2D eigenvalue weighted by Gasteiger charge is 2.35. The first-order chi connectivity index (χ1) is 17.6. The molecule has 1 N–H and O–H groups in total. The summed E-state index contributed by atoms with van der Waals surface area (Å²) in [5, 5.41) is 3.45. The maximum absolute atomic E-state index is 14.1. The highest BCUT2D eigenvalue weighted by atomic mass is 16.5. The van der Waals surface area contributed by atoms with Crippen molar-refractivity contribution in [2.24, 2.45) is 0 Å². The van der Waals surface area contributed by atoms with Gasteiger partial charge in [-0.3, -0.25) is 9.59 Å². The fourth-order valence-corrected chi connectivity index (χ4v) is 5.63. The zero-order chi connectivity index (χ0) is 24.9. The molecule has 7 heteroatoms. The van der Waals surface area contributed by atoms with Crippen LogP contribution in [-0.2, 0) is 16.0 Å². The first kappa shape index (κ1) is 24.3. The van der Waals surface area contributed by atoms with Crippen LogP contribution in [0.2, 0.25) is 0 Å². The summed E-state index contributed by atoms with van der Waals surface area (Å²) in [5.74, 6) is -0.316. The Kier molecular flexibility index (Phi) is 7.47. The number of aromatic nitrogens is 2. The summed E-state index contributed by atoms with van der Waals surface area (Å²) in [5.41, 5.74) is 3.43. The van der Waals surface area contributed by atoms with Crippen LogP contribution in [0.5, 0.6) is 0 Å². The van der Waals surface area contributed by atoms with Gasteiger partial charge < -0.3 is 19.5 Å². The summed E-state index contributed by atoms with van der Waals surface area (Å²) in [6, 6.07) is 20.3. The number of carbonyl (C=O) groups excluding carboxylic acids is 2. The number of imidazole rings is 1. The minimum atomic E-state index is -0.269. The van der Waals surface area contributed by atoms with Gasteiger partial charge in [0.15, 0.2) is 5.69 Å². The molecule has 7 nitrogen and oxygen atoms in total. The Balaban J connectivity index is 1.51. The van der Waals surface area contributed by atoms with E-state index >= 15 is 0 Å². The minimum Gasteiger partial charge on any atom is -0.460 e. The van der Waals surface area contributed by atoms with Crippen LogP contribution < -0.4 is 5.32 Å². The van der Waals surface area contributed by atoms with Gasteiger partial charge >= 0.3 is 5.97 Å². The van der Waals surface area contributed by atoms with Gasteiger partial charge in [-0.25, -0.2) is 4.98 Å². The molecule has 0 spiro atoms. The zero-order valence-electron chi connectivity index (χ0n) is 20.8. The van der Waals surface area contributed by atoms with E-state index in [1.54, 1.807) is 6.33 Å². The highest BCUT2D eigenvalue weighted by molar-refractivity contribution is 5.98. The molecule has 2 heterocycles. The third-order valence-electron chi connectivity index (χ3n) is 7.31. The molecule has 188 valence electrons. The van der Waals surface area contributed by atoms with Gasteiger partial charge in [0, 0.05) is 38.2 Å². The van der Waals surface area contributed by atoms with E-state index in [9.17, 15) is 9.59 Å². The number of nitrogens with one attached hydrogen (secondary N) is 1. The van der Waals surface area contributed by atoms with E-state index in [2.05, 4.69) is 22.0 Å². The van der Waals surface area contributed by atoms with Gasteiger partial charge in [0.05, 0.1) is 18.1 Å². The Bertz CT molecular complexity index is 1180. The average Bonchev–Trinajstić information content (AvgIpc) is 3.35. The lowest BCUT2D eigenvalue weighted by atomic mass is 9.91. The number of esters is 1. The van der Waals surface area contributed by atoms with Crippen molar-refractivity contribution in [3.8, 4) is 11.3 Å². The monoisotopic (exact) mass is 486 g/mol. The molecule has 0 radical (unpaired) electrons. The molecule has 3 atom stereocenters. The van der Waals surface area contributed by atoms with E-state index in [-0.39, 0.29) is 30.1 Å². The van der Waals surface area contributed by atoms with Crippen LogP contribution in [0.1, 0.15) is 54.7 Å². The van der Waals surface area contributed by atoms with Crippen LogP contribution in [0.4, 0.5) is 0 Å². The molecule has 1 saturated heterocycles. The lowest BCUT2D eigenvalue weighted by Gasteiger charge is -2.36. The lowest BCUT2D eigenvalue weighted by Crippen LogP contribution is -2.54. The number of rotatable bonds is 6. The number of benzene rings is 2. The first-order valence-electron chi connectivity index (χ1n) is 13.0. The molecule has 36 heavy (non-hydrogen) atoms. The lowest BCUT2D eigenvalue weighted by molar-refractivity contribution is -0.150. The molecule has 3 aromatic rings. The SMILES string of the molecule is CC(=O)O[C@H]1CCCC[C@@H]1n1cnc(C(=O)N2CCNC[C@H]2Cc2ccccc2)c1-c1ccccc1. The highest BCUT2D eigenvalue weighted by Crippen LogP contribution is 2.36. The molecule has 5 rings (SSSR count). The Hall–Kier alpha value is -3.45. The van der Waals surface area contributed by atoms with Gasteiger partial charge in [-0.05, 0) is 31.2 Å². The second-order valence-electron chi connectivity index (χ2n) is 9.76. The fraction of sp³-hybridized carbons (Fsp3) is 0.414. The Morgan fingerprint density at radius 1 is 1.03 bits per heavy atom. The topological polar surface area (TPSA) is 76.5 Å². The largest absolute Gasteiger partial charge is 0.460 e. The molecular weight excluding hydrogens is 452 g/mol. The van der Waals surface area contributed by atoms with E-state index in [4.69, 9.17) is 9.72 Å². The summed E-state index contributed by atoms with van der Waals surface area (Å²) < 4.78 is 7.81. The number of hydrogen-bond donors (Lipinski definition) is 1. The Morgan fingerprint density at radius 3 is 2.50 bits per heavy atom. The molecule has 1 saturated carbocycles. The second-order valence-corrected chi connectivity index (χ2v) is 9.76. The summed E-state index contributed by atoms with van der Waals surface area (Å²) in [4.78, 5) is 32.6. The summed E-state index contributed by atoms with van der Waals surface area (Å²) in [7, 11) is 0. The van der Waals surface area contributed by atoms with Gasteiger partial charge in [-0.1, -0.05) is 67.1 Å². The maximum atomic E-state index is 14.1. The number of hydrogen-bond acceptors (Lipinski definition) is 5. The van der Waals surface area contributed by atoms with Crippen LogP contribution in [-0.4, -0.2) is 58.1 Å². The quantitative estimate of drug-likeness (QED) is 0.527. The Labute approximate surface area is 212 Å². The number of carbonyl (C=O) groups is 2. The maximum Gasteiger partial charge on any atom is 0.302 e. The van der Waals surface area contributed by atoms with Crippen LogP contribution in [0.25, 0.3) is 11.3 Å². The Morgan fingerprint density at radius 2 is 1.75 bits per heavy atom. The van der Waals surface area contributed by atoms with Gasteiger partial charge in [0.1, 0.15) is 6.10 Å². The van der Waals surface area contributed by atoms with Crippen LogP contribution in [0.15, 0.2) is 67.0 Å². The fourth-order valence-electron chi connectivity index (χ4n) is 5.63. The predicted octanol–water partition coefficient (Wildman–Crippen LogP) is 4.25. The van der Waals surface area contributed by atoms with Crippen molar-refractivity contribution in [1.82, 2.24) is 19.8 Å². The van der Waals surface area contributed by atoms with E-state index in [0.717, 1.165) is 56.5 Å². The molecule has 1 aliphatic heterocycles. The first-order valence-corrected chi connectivity index (χ1v) is 13.0. The molecule has 1 aromatic heterocycles. The average molecular weight is 487 g/mol. The summed E-state index contributed by atoms with van der Waals surface area (Å²) >= 11 is 0. The van der Waals surface area contributed by atoms with Crippen molar-refractivity contribution in [2.45, 2.75) is 57.2 Å². The van der Waals surface area contributed by atoms with Gasteiger partial charge in [0.2, 0.25) is 0 Å². The van der Waals surface area contributed by atoms with Gasteiger partial charge in [0.25, 0.3) is 5.91 Å². The summed E-state index contributed by atoms with van der Waals surface area (Å²) in [6.07, 6.45) is 6.12. The third-order valence-corrected chi connectivity index (χ3v) is 7.31. The summed E-state index contributed by atoms with van der Waals surface area (Å²) in [6.45, 7) is 3.61. The number of piperazine rings is 1. The van der Waals surface area contributed by atoms with E-state index in [1.165, 1.54) is 12.5 Å². The van der Waals surface area contributed by atoms with Crippen molar-refractivity contribution in [2.75, 3.05) is 19.6 Å². The van der Waals surface area contributed by atoms with Crippen molar-refractivity contribution < 1.29 is 14.3 Å². The van der Waals surface area contributed by atoms with E-state index in [0.29, 0.717) is 12.2 Å². The van der Waals surface area contributed by atoms with Crippen LogP contribution >= 0.6 is 0 Å². The van der Waals surface area contributed by atoms with Gasteiger partial charge in [-0.15, -0.1) is 0 Å². The molecule has 2 fully saturated rings. The molecule has 1 aliphatic carbocycles. The molecule has 0 unspecified atom stereocenters. The van der Waals surface area contributed by atoms with Crippen molar-refractivity contribution >= 4 is 11.9 Å². The van der Waals surface area contributed by atoms with Crippen LogP contribution in [0, 0.1) is 0 Å². The molecular formula is C29H34N4O3. The molecule has 2 aromatic carbocycles. The standard InChI is InChI=1S/C29H34N4O3/c1-21(34)36-26-15-9-8-14-25(26)33-20-31-27(28(33)23-12-6-3-7-13-23)29(35)32-17-16-30-19-24(32)18-22-10-4-2-5-11-22/h2-7,10-13,20,24-26,30H,8-9,14-19H2,1H3/t24-,25+,26+/m1/s1. The molecule has 0 bridgehead atoms. The van der Waals surface area contributed by atoms with Gasteiger partial charge in [-0.2, -0.15) is 0 Å². The third kappa shape index (κ3) is 5.21. The van der Waals surface area contributed by atoms with Crippen LogP contribution in [0.3, 0.4) is 0 Å². The van der Waals surface area contributed by atoms with E-state index < -0.39 is 0 Å². The van der Waals surface area contributed by atoms with Crippen molar-refractivity contribution in [3.05, 3.63) is 78.2 Å². The number of nitrogens with zero attached hydrogens (tertiary/aromatic N) is 3. The molecule has 2 aliphatic rings. The van der Waals surface area contributed by atoms with Crippen molar-refractivity contribution in [3.63, 3.8) is 0 Å². The van der Waals surface area contributed by atoms with E-state index in [1.807, 2.05) is 53.4 Å². The zero-order valence-corrected chi connectivity index (χ0v) is 20.8. The molecule has 1 amide bonds.